The SMILES string of the molecule is CCC1CCN(c2cc(NN)cc([N+](=O)[O-])c2)CC1. The van der Waals surface area contributed by atoms with E-state index in [1.807, 2.05) is 6.07 Å². The molecule has 1 aliphatic rings. The molecule has 1 heterocycles. The molecular weight excluding hydrogens is 244 g/mol. The molecule has 1 aromatic rings. The number of nitro benzene ring substituents is 1. The summed E-state index contributed by atoms with van der Waals surface area (Å²) >= 11 is 0. The van der Waals surface area contributed by atoms with E-state index in [0.717, 1.165) is 37.5 Å². The van der Waals surface area contributed by atoms with Crippen molar-refractivity contribution in [3.8, 4) is 0 Å². The molecule has 0 aromatic heterocycles. The maximum atomic E-state index is 10.9. The molecule has 0 amide bonds. The molecule has 0 unspecified atom stereocenters. The van der Waals surface area contributed by atoms with E-state index in [1.165, 1.54) is 12.5 Å². The lowest BCUT2D eigenvalue weighted by Gasteiger charge is -2.33. The lowest BCUT2D eigenvalue weighted by molar-refractivity contribution is -0.384. The van der Waals surface area contributed by atoms with E-state index < -0.39 is 0 Å². The number of piperidine rings is 1. The molecule has 0 atom stereocenters. The first-order chi connectivity index (χ1) is 9.13. The molecule has 104 valence electrons. The number of hydrazine groups is 1. The predicted octanol–water partition coefficient (Wildman–Crippen LogP) is 2.51. The summed E-state index contributed by atoms with van der Waals surface area (Å²) in [6.07, 6.45) is 3.49. The molecule has 6 nitrogen and oxygen atoms in total. The number of rotatable bonds is 4. The average Bonchev–Trinajstić information content (AvgIpc) is 2.46. The fourth-order valence-corrected chi connectivity index (χ4v) is 2.57. The number of nitrogens with zero attached hydrogens (tertiary/aromatic N) is 2. The molecule has 3 N–H and O–H groups in total. The summed E-state index contributed by atoms with van der Waals surface area (Å²) in [6.45, 7) is 4.11. The van der Waals surface area contributed by atoms with E-state index >= 15 is 0 Å². The molecule has 6 heteroatoms. The van der Waals surface area contributed by atoms with E-state index in [4.69, 9.17) is 5.84 Å². The summed E-state index contributed by atoms with van der Waals surface area (Å²) in [5.41, 5.74) is 4.01. The minimum absolute atomic E-state index is 0.0723. The first-order valence-corrected chi connectivity index (χ1v) is 6.65. The van der Waals surface area contributed by atoms with Gasteiger partial charge in [-0.05, 0) is 24.8 Å². The summed E-state index contributed by atoms with van der Waals surface area (Å²) in [6, 6.07) is 4.93. The minimum atomic E-state index is -0.386. The smallest absolute Gasteiger partial charge is 0.273 e. The van der Waals surface area contributed by atoms with Crippen molar-refractivity contribution in [3.63, 3.8) is 0 Å². The molecule has 0 saturated carbocycles. The van der Waals surface area contributed by atoms with Crippen LogP contribution in [0.15, 0.2) is 18.2 Å². The Hall–Kier alpha value is -1.82. The third-order valence-corrected chi connectivity index (χ3v) is 3.84. The second-order valence-corrected chi connectivity index (χ2v) is 4.98. The van der Waals surface area contributed by atoms with Crippen LogP contribution in [0.1, 0.15) is 26.2 Å². The number of nitrogens with two attached hydrogens (primary N) is 1. The standard InChI is InChI=1S/C13H20N4O2/c1-2-10-3-5-16(6-4-10)12-7-11(15-14)8-13(9-12)17(18)19/h7-10,15H,2-6,14H2,1H3. The Kier molecular flexibility index (Phi) is 4.21. The van der Waals surface area contributed by atoms with Crippen molar-refractivity contribution < 1.29 is 4.92 Å². The summed E-state index contributed by atoms with van der Waals surface area (Å²) < 4.78 is 0. The van der Waals surface area contributed by atoms with Crippen molar-refractivity contribution in [2.75, 3.05) is 23.4 Å². The molecule has 0 bridgehead atoms. The quantitative estimate of drug-likeness (QED) is 0.496. The third-order valence-electron chi connectivity index (χ3n) is 3.84. The van der Waals surface area contributed by atoms with Crippen molar-refractivity contribution in [2.24, 2.45) is 11.8 Å². The van der Waals surface area contributed by atoms with E-state index in [1.54, 1.807) is 6.07 Å². The van der Waals surface area contributed by atoms with Gasteiger partial charge in [-0.2, -0.15) is 0 Å². The van der Waals surface area contributed by atoms with Crippen LogP contribution in [0.5, 0.6) is 0 Å². The largest absolute Gasteiger partial charge is 0.371 e. The van der Waals surface area contributed by atoms with Crippen LogP contribution >= 0.6 is 0 Å². The Morgan fingerprint density at radius 3 is 2.63 bits per heavy atom. The number of nitrogens with one attached hydrogen (secondary N) is 1. The zero-order valence-electron chi connectivity index (χ0n) is 11.1. The lowest BCUT2D eigenvalue weighted by Crippen LogP contribution is -2.33. The van der Waals surface area contributed by atoms with Gasteiger partial charge in [0.25, 0.3) is 5.69 Å². The monoisotopic (exact) mass is 264 g/mol. The highest BCUT2D eigenvalue weighted by Gasteiger charge is 2.20. The highest BCUT2D eigenvalue weighted by atomic mass is 16.6. The summed E-state index contributed by atoms with van der Waals surface area (Å²) in [5, 5.41) is 10.9. The summed E-state index contributed by atoms with van der Waals surface area (Å²) in [4.78, 5) is 12.7. The van der Waals surface area contributed by atoms with Gasteiger partial charge >= 0.3 is 0 Å². The van der Waals surface area contributed by atoms with Gasteiger partial charge in [0.05, 0.1) is 10.6 Å². The number of nitrogen functional groups attached to an aromatic ring is 1. The van der Waals surface area contributed by atoms with Crippen LogP contribution in [0.2, 0.25) is 0 Å². The topological polar surface area (TPSA) is 84.4 Å². The van der Waals surface area contributed by atoms with Crippen LogP contribution in [-0.4, -0.2) is 18.0 Å². The number of anilines is 2. The zero-order valence-corrected chi connectivity index (χ0v) is 11.1. The highest BCUT2D eigenvalue weighted by molar-refractivity contribution is 5.64. The van der Waals surface area contributed by atoms with Gasteiger partial charge in [-0.25, -0.2) is 0 Å². The molecule has 1 fully saturated rings. The fraction of sp³-hybridized carbons (Fsp3) is 0.538. The Balaban J connectivity index is 2.20. The van der Waals surface area contributed by atoms with Crippen molar-refractivity contribution in [3.05, 3.63) is 28.3 Å². The highest BCUT2D eigenvalue weighted by Crippen LogP contribution is 2.30. The Morgan fingerprint density at radius 2 is 2.11 bits per heavy atom. The first kappa shape index (κ1) is 13.6. The van der Waals surface area contributed by atoms with Gasteiger partial charge in [0, 0.05) is 30.9 Å². The molecule has 19 heavy (non-hydrogen) atoms. The molecule has 1 aliphatic heterocycles. The van der Waals surface area contributed by atoms with Gasteiger partial charge in [0.2, 0.25) is 0 Å². The van der Waals surface area contributed by atoms with Gasteiger partial charge in [-0.15, -0.1) is 0 Å². The number of hydrogen-bond donors (Lipinski definition) is 2. The van der Waals surface area contributed by atoms with E-state index in [0.29, 0.717) is 5.69 Å². The second-order valence-electron chi connectivity index (χ2n) is 4.98. The summed E-state index contributed by atoms with van der Waals surface area (Å²) in [5.74, 6) is 6.15. The van der Waals surface area contributed by atoms with E-state index in [2.05, 4.69) is 17.2 Å². The third kappa shape index (κ3) is 3.14. The van der Waals surface area contributed by atoms with Crippen LogP contribution in [0, 0.1) is 16.0 Å². The molecular formula is C13H20N4O2. The molecule has 2 rings (SSSR count). The number of benzene rings is 1. The Labute approximate surface area is 112 Å². The predicted molar refractivity (Wildman–Crippen MR) is 76.1 cm³/mol. The Morgan fingerprint density at radius 1 is 1.42 bits per heavy atom. The van der Waals surface area contributed by atoms with Crippen LogP contribution in [0.25, 0.3) is 0 Å². The van der Waals surface area contributed by atoms with Gasteiger partial charge in [-0.1, -0.05) is 13.3 Å². The van der Waals surface area contributed by atoms with Crippen molar-refractivity contribution in [1.82, 2.24) is 0 Å². The second kappa shape index (κ2) is 5.88. The van der Waals surface area contributed by atoms with E-state index in [-0.39, 0.29) is 10.6 Å². The van der Waals surface area contributed by atoms with Crippen molar-refractivity contribution >= 4 is 17.1 Å². The van der Waals surface area contributed by atoms with Crippen LogP contribution in [0.4, 0.5) is 17.1 Å². The zero-order chi connectivity index (χ0) is 13.8. The van der Waals surface area contributed by atoms with Crippen LogP contribution < -0.4 is 16.2 Å². The maximum Gasteiger partial charge on any atom is 0.273 e. The molecule has 0 radical (unpaired) electrons. The van der Waals surface area contributed by atoms with Gasteiger partial charge in [0.15, 0.2) is 0 Å². The fourth-order valence-electron chi connectivity index (χ4n) is 2.57. The summed E-state index contributed by atoms with van der Waals surface area (Å²) in [7, 11) is 0. The first-order valence-electron chi connectivity index (χ1n) is 6.65. The molecule has 0 aliphatic carbocycles. The van der Waals surface area contributed by atoms with Gasteiger partial charge in [-0.3, -0.25) is 16.0 Å². The van der Waals surface area contributed by atoms with Crippen molar-refractivity contribution in [2.45, 2.75) is 26.2 Å². The lowest BCUT2D eigenvalue weighted by atomic mass is 9.94. The van der Waals surface area contributed by atoms with Gasteiger partial charge in [0.1, 0.15) is 0 Å². The van der Waals surface area contributed by atoms with Gasteiger partial charge < -0.3 is 10.3 Å². The molecule has 1 saturated heterocycles. The normalized spacial score (nSPS) is 16.4. The van der Waals surface area contributed by atoms with Crippen molar-refractivity contribution in [1.29, 1.82) is 0 Å². The average molecular weight is 264 g/mol. The number of hydrogen-bond acceptors (Lipinski definition) is 5. The Bertz CT molecular complexity index is 456. The maximum absolute atomic E-state index is 10.9. The number of non-ortho nitro benzene ring substituents is 1. The van der Waals surface area contributed by atoms with Crippen LogP contribution in [0.3, 0.4) is 0 Å². The molecule has 1 aromatic carbocycles. The number of nitro groups is 1. The molecule has 0 spiro atoms. The van der Waals surface area contributed by atoms with Crippen LogP contribution in [-0.2, 0) is 0 Å². The van der Waals surface area contributed by atoms with E-state index in [9.17, 15) is 10.1 Å². The minimum Gasteiger partial charge on any atom is -0.371 e.